The second-order valence-electron chi connectivity index (χ2n) is 10.9. The molecule has 12 heteroatoms. The molecule has 4 unspecified atom stereocenters. The second-order valence-corrected chi connectivity index (χ2v) is 10.9. The van der Waals surface area contributed by atoms with E-state index in [9.17, 15) is 39.3 Å². The Morgan fingerprint density at radius 1 is 1.13 bits per heavy atom. The van der Waals surface area contributed by atoms with E-state index in [2.05, 4.69) is 0 Å². The number of hydrogen-bond acceptors (Lipinski definition) is 11. The van der Waals surface area contributed by atoms with E-state index in [4.69, 9.17) is 10.5 Å². The number of primary amides is 1. The molecule has 2 saturated carbocycles. The molecule has 5 rings (SSSR count). The fourth-order valence-corrected chi connectivity index (χ4v) is 7.04. The molecule has 0 bridgehead atoms. The number of likely N-dealkylation sites (N-methyl/N-ethyl adjacent to an activating group) is 1. The maximum absolute atomic E-state index is 14.0. The van der Waals surface area contributed by atoms with Crippen LogP contribution in [-0.2, 0) is 23.9 Å². The first kappa shape index (κ1) is 26.4. The van der Waals surface area contributed by atoms with E-state index in [0.29, 0.717) is 37.6 Å². The Bertz CT molecular complexity index is 1260. The van der Waals surface area contributed by atoms with Crippen molar-refractivity contribution in [3.63, 3.8) is 0 Å². The van der Waals surface area contributed by atoms with Crippen LogP contribution in [0.2, 0.25) is 0 Å². The zero-order valence-electron chi connectivity index (χ0n) is 21.3. The average Bonchev–Trinajstić information content (AvgIpc) is 2.86. The molecule has 1 amide bonds. The van der Waals surface area contributed by atoms with Crippen LogP contribution in [0.4, 0.5) is 5.69 Å². The normalized spacial score (nSPS) is 37.1. The van der Waals surface area contributed by atoms with Crippen molar-refractivity contribution < 1.29 is 44.0 Å². The quantitative estimate of drug-likeness (QED) is 0.325. The molecule has 1 saturated heterocycles. The molecular weight excluding hydrogens is 498 g/mol. The Balaban J connectivity index is 1.67. The highest BCUT2D eigenvalue weighted by atomic mass is 16.5. The van der Waals surface area contributed by atoms with Gasteiger partial charge in [0, 0.05) is 19.0 Å². The van der Waals surface area contributed by atoms with Gasteiger partial charge in [0.2, 0.25) is 5.91 Å². The molecule has 0 aromatic heterocycles. The third kappa shape index (κ3) is 3.33. The number of carbonyl (C=O) groups is 5. The van der Waals surface area contributed by atoms with Gasteiger partial charge in [0.1, 0.15) is 5.75 Å². The maximum atomic E-state index is 14.0. The number of nitrogens with two attached hydrogens (primary N) is 1. The summed E-state index contributed by atoms with van der Waals surface area (Å²) in [5.41, 5.74) is 3.00. The summed E-state index contributed by atoms with van der Waals surface area (Å²) in [6, 6.07) is 1.95. The van der Waals surface area contributed by atoms with E-state index in [-0.39, 0.29) is 11.3 Å². The van der Waals surface area contributed by atoms with Gasteiger partial charge in [-0.3, -0.25) is 28.9 Å². The zero-order chi connectivity index (χ0) is 27.8. The number of carbonyl (C=O) groups excluding carboxylic acids is 5. The van der Waals surface area contributed by atoms with Gasteiger partial charge in [-0.25, -0.2) is 0 Å². The van der Waals surface area contributed by atoms with Gasteiger partial charge in [0.25, 0.3) is 0 Å². The van der Waals surface area contributed by atoms with Gasteiger partial charge in [0.15, 0.2) is 34.7 Å². The van der Waals surface area contributed by atoms with Crippen LogP contribution in [0.5, 0.6) is 5.75 Å². The summed E-state index contributed by atoms with van der Waals surface area (Å²) in [6.07, 6.45) is -1.65. The van der Waals surface area contributed by atoms with Crippen molar-refractivity contribution in [1.29, 1.82) is 0 Å². The Kier molecular flexibility index (Phi) is 6.21. The SMILES string of the molecule is C[C@H]1c2ccc(N3CCOCC3)c(O)c2C(=O)C2C(=O)[C@]3(O)C(=O)C(C(N)=O)C(=O)[C@@H](N(C)C)C3[C@@H](O)C21. The molecule has 4 aliphatic rings. The minimum Gasteiger partial charge on any atom is -0.505 e. The van der Waals surface area contributed by atoms with Gasteiger partial charge in [-0.15, -0.1) is 0 Å². The van der Waals surface area contributed by atoms with Crippen LogP contribution in [0.15, 0.2) is 12.1 Å². The Labute approximate surface area is 218 Å². The van der Waals surface area contributed by atoms with E-state index in [1.54, 1.807) is 19.1 Å². The highest BCUT2D eigenvalue weighted by molar-refractivity contribution is 6.32. The topological polar surface area (TPSA) is 188 Å². The van der Waals surface area contributed by atoms with Crippen molar-refractivity contribution >= 4 is 34.7 Å². The van der Waals surface area contributed by atoms with E-state index in [0.717, 1.165) is 0 Å². The summed E-state index contributed by atoms with van der Waals surface area (Å²) in [5.74, 6) is -13.2. The molecule has 1 aromatic rings. The van der Waals surface area contributed by atoms with Gasteiger partial charge in [-0.1, -0.05) is 13.0 Å². The number of anilines is 1. The van der Waals surface area contributed by atoms with E-state index < -0.39 is 76.4 Å². The number of aliphatic hydroxyl groups excluding tert-OH is 1. The average molecular weight is 530 g/mol. The molecule has 0 spiro atoms. The molecule has 3 aliphatic carbocycles. The Hall–Kier alpha value is -3.19. The fourth-order valence-electron chi connectivity index (χ4n) is 7.04. The maximum Gasteiger partial charge on any atom is 0.235 e. The fraction of sp³-hybridized carbons (Fsp3) is 0.577. The Morgan fingerprint density at radius 3 is 2.34 bits per heavy atom. The first-order chi connectivity index (χ1) is 17.8. The number of hydrogen-bond donors (Lipinski definition) is 4. The number of ether oxygens (including phenoxy) is 1. The number of phenols is 1. The summed E-state index contributed by atoms with van der Waals surface area (Å²) in [6.45, 7) is 3.49. The Morgan fingerprint density at radius 2 is 1.76 bits per heavy atom. The van der Waals surface area contributed by atoms with Crippen molar-refractivity contribution in [3.05, 3.63) is 23.3 Å². The molecule has 1 aliphatic heterocycles. The smallest absolute Gasteiger partial charge is 0.235 e. The number of aromatic hydroxyl groups is 1. The van der Waals surface area contributed by atoms with E-state index >= 15 is 0 Å². The third-order valence-corrected chi connectivity index (χ3v) is 8.82. The predicted molar refractivity (Wildman–Crippen MR) is 130 cm³/mol. The number of phenolic OH excluding ortho intramolecular Hbond substituents is 1. The van der Waals surface area contributed by atoms with Crippen molar-refractivity contribution in [2.75, 3.05) is 45.3 Å². The molecule has 1 aromatic carbocycles. The lowest BCUT2D eigenvalue weighted by Gasteiger charge is -2.56. The number of Topliss-reactive ketones (excluding diaryl/α,β-unsaturated/α-hetero) is 4. The molecule has 3 fully saturated rings. The summed E-state index contributed by atoms with van der Waals surface area (Å²) >= 11 is 0. The summed E-state index contributed by atoms with van der Waals surface area (Å²) in [5, 5.41) is 34.5. The number of morpholine rings is 1. The van der Waals surface area contributed by atoms with Gasteiger partial charge < -0.3 is 30.7 Å². The van der Waals surface area contributed by atoms with Crippen molar-refractivity contribution in [1.82, 2.24) is 4.90 Å². The minimum absolute atomic E-state index is 0.111. The molecule has 1 heterocycles. The van der Waals surface area contributed by atoms with Crippen LogP contribution in [0.25, 0.3) is 0 Å². The lowest BCUT2D eigenvalue weighted by atomic mass is 9.49. The number of rotatable bonds is 3. The summed E-state index contributed by atoms with van der Waals surface area (Å²) < 4.78 is 5.36. The standard InChI is InChI=1S/C26H31N3O9/c1-10-11-4-5-12(29-6-8-38-9-7-29)19(30)14(11)20(31)15-13(10)21(32)17-18(28(2)3)22(33)16(25(27)36)24(35)26(17,37)23(15)34/h4-5,10,13,15-18,21,30,32,37H,6-9H2,1-3H3,(H2,27,36)/t10-,13?,15?,16?,17?,18-,21-,26-/m0/s1. The molecule has 0 radical (unpaired) electrons. The first-order valence-electron chi connectivity index (χ1n) is 12.6. The van der Waals surface area contributed by atoms with E-state index in [1.165, 1.54) is 19.0 Å². The van der Waals surface area contributed by atoms with Crippen molar-refractivity contribution in [2.45, 2.75) is 30.6 Å². The molecule has 204 valence electrons. The van der Waals surface area contributed by atoms with Crippen LogP contribution < -0.4 is 10.6 Å². The highest BCUT2D eigenvalue weighted by Crippen LogP contribution is 2.55. The molecule has 12 nitrogen and oxygen atoms in total. The van der Waals surface area contributed by atoms with Crippen LogP contribution in [0, 0.1) is 23.7 Å². The van der Waals surface area contributed by atoms with Gasteiger partial charge >= 0.3 is 0 Å². The van der Waals surface area contributed by atoms with Crippen LogP contribution >= 0.6 is 0 Å². The van der Waals surface area contributed by atoms with Gasteiger partial charge in [0.05, 0.1) is 48.4 Å². The minimum atomic E-state index is -3.01. The summed E-state index contributed by atoms with van der Waals surface area (Å²) in [4.78, 5) is 69.7. The predicted octanol–water partition coefficient (Wildman–Crippen LogP) is -1.76. The third-order valence-electron chi connectivity index (χ3n) is 8.82. The number of ketones is 4. The van der Waals surface area contributed by atoms with Crippen molar-refractivity contribution in [2.24, 2.45) is 29.4 Å². The molecule has 8 atom stereocenters. The molecule has 38 heavy (non-hydrogen) atoms. The first-order valence-corrected chi connectivity index (χ1v) is 12.6. The molecule has 5 N–H and O–H groups in total. The van der Waals surface area contributed by atoms with Crippen LogP contribution in [0.3, 0.4) is 0 Å². The van der Waals surface area contributed by atoms with Crippen LogP contribution in [0.1, 0.15) is 28.8 Å². The number of fused-ring (bicyclic) bond motifs is 3. The number of nitrogens with zero attached hydrogens (tertiary/aromatic N) is 2. The number of aliphatic hydroxyl groups is 2. The second kappa shape index (κ2) is 8.94. The van der Waals surface area contributed by atoms with Crippen LogP contribution in [-0.4, -0.2) is 107 Å². The number of amides is 1. The summed E-state index contributed by atoms with van der Waals surface area (Å²) in [7, 11) is 2.91. The lowest BCUT2D eigenvalue weighted by molar-refractivity contribution is -0.196. The highest BCUT2D eigenvalue weighted by Gasteiger charge is 2.72. The largest absolute Gasteiger partial charge is 0.505 e. The van der Waals surface area contributed by atoms with Gasteiger partial charge in [-0.05, 0) is 31.6 Å². The lowest BCUT2D eigenvalue weighted by Crippen LogP contribution is -2.77. The van der Waals surface area contributed by atoms with E-state index in [1.807, 2.05) is 4.90 Å². The zero-order valence-corrected chi connectivity index (χ0v) is 21.3. The van der Waals surface area contributed by atoms with Crippen molar-refractivity contribution in [3.8, 4) is 5.75 Å². The van der Waals surface area contributed by atoms with Gasteiger partial charge in [-0.2, -0.15) is 0 Å². The molecular formula is C26H31N3O9. The monoisotopic (exact) mass is 529 g/mol. The number of benzene rings is 1.